The Bertz CT molecular complexity index is 374. The highest BCUT2D eigenvalue weighted by molar-refractivity contribution is 5.19. The first-order valence-electron chi connectivity index (χ1n) is 7.02. The van der Waals surface area contributed by atoms with Gasteiger partial charge in [-0.1, -0.05) is 18.9 Å². The molecule has 6 heteroatoms. The Labute approximate surface area is 114 Å². The molecule has 2 heterocycles. The summed E-state index contributed by atoms with van der Waals surface area (Å²) in [6, 6.07) is 0.792. The van der Waals surface area contributed by atoms with Crippen molar-refractivity contribution in [1.29, 1.82) is 0 Å². The van der Waals surface area contributed by atoms with Gasteiger partial charge in [0.1, 0.15) is 0 Å². The van der Waals surface area contributed by atoms with Crippen LogP contribution in [0.4, 0.5) is 6.01 Å². The lowest BCUT2D eigenvalue weighted by atomic mass is 10.0. The third kappa shape index (κ3) is 4.47. The summed E-state index contributed by atoms with van der Waals surface area (Å²) >= 11 is 0. The smallest absolute Gasteiger partial charge is 0.315 e. The van der Waals surface area contributed by atoms with Gasteiger partial charge < -0.3 is 19.8 Å². The molecule has 0 aromatic carbocycles. The molecule has 2 N–H and O–H groups in total. The fourth-order valence-electron chi connectivity index (χ4n) is 2.11. The van der Waals surface area contributed by atoms with E-state index in [1.165, 1.54) is 0 Å². The molecule has 1 saturated heterocycles. The van der Waals surface area contributed by atoms with Crippen LogP contribution < -0.4 is 10.6 Å². The maximum atomic E-state index is 5.56. The Morgan fingerprint density at radius 1 is 1.32 bits per heavy atom. The van der Waals surface area contributed by atoms with Gasteiger partial charge in [-0.15, -0.1) is 5.10 Å². The largest absolute Gasteiger partial charge is 0.407 e. The quantitative estimate of drug-likeness (QED) is 0.783. The molecule has 6 nitrogen and oxygen atoms in total. The molecule has 0 radical (unpaired) electrons. The summed E-state index contributed by atoms with van der Waals surface area (Å²) in [6.45, 7) is 9.68. The van der Waals surface area contributed by atoms with Crippen LogP contribution in [0.2, 0.25) is 0 Å². The van der Waals surface area contributed by atoms with Gasteiger partial charge in [-0.05, 0) is 25.8 Å². The zero-order valence-corrected chi connectivity index (χ0v) is 12.0. The Morgan fingerprint density at radius 2 is 2.16 bits per heavy atom. The van der Waals surface area contributed by atoms with E-state index >= 15 is 0 Å². The van der Waals surface area contributed by atoms with E-state index in [2.05, 4.69) is 41.6 Å². The Morgan fingerprint density at radius 3 is 2.84 bits per heavy atom. The van der Waals surface area contributed by atoms with Crippen molar-refractivity contribution in [1.82, 2.24) is 15.5 Å². The third-order valence-electron chi connectivity index (χ3n) is 3.32. The van der Waals surface area contributed by atoms with Crippen LogP contribution in [0.15, 0.2) is 4.42 Å². The zero-order valence-electron chi connectivity index (χ0n) is 12.0. The molecule has 0 bridgehead atoms. The van der Waals surface area contributed by atoms with Crippen molar-refractivity contribution < 1.29 is 9.15 Å². The average molecular weight is 268 g/mol. The first-order valence-corrected chi connectivity index (χ1v) is 7.02. The number of hydrogen-bond acceptors (Lipinski definition) is 6. The van der Waals surface area contributed by atoms with Crippen molar-refractivity contribution in [2.45, 2.75) is 39.8 Å². The minimum absolute atomic E-state index is 0.291. The minimum atomic E-state index is 0.291. The van der Waals surface area contributed by atoms with Gasteiger partial charge in [0.05, 0.1) is 13.2 Å². The second kappa shape index (κ2) is 6.86. The number of nitrogens with one attached hydrogen (secondary N) is 2. The molecule has 1 aromatic heterocycles. The lowest BCUT2D eigenvalue weighted by Gasteiger charge is -2.17. The summed E-state index contributed by atoms with van der Waals surface area (Å²) in [4.78, 5) is 0. The van der Waals surface area contributed by atoms with Crippen molar-refractivity contribution in [3.8, 4) is 0 Å². The SMILES string of the molecule is CC(C)CNCc1nnc(NC(C)C2CCOC2)o1. The topological polar surface area (TPSA) is 72.2 Å². The van der Waals surface area contributed by atoms with E-state index in [9.17, 15) is 0 Å². The number of ether oxygens (including phenoxy) is 1. The standard InChI is InChI=1S/C13H24N4O2/c1-9(2)6-14-7-12-16-17-13(19-12)15-10(3)11-4-5-18-8-11/h9-11,14H,4-8H2,1-3H3,(H,15,17). The molecule has 1 aromatic rings. The molecule has 2 unspecified atom stereocenters. The maximum absolute atomic E-state index is 5.56. The summed E-state index contributed by atoms with van der Waals surface area (Å²) in [5, 5.41) is 14.6. The second-order valence-electron chi connectivity index (χ2n) is 5.58. The van der Waals surface area contributed by atoms with Crippen molar-refractivity contribution in [2.24, 2.45) is 11.8 Å². The van der Waals surface area contributed by atoms with Gasteiger partial charge in [-0.25, -0.2) is 0 Å². The monoisotopic (exact) mass is 268 g/mol. The zero-order chi connectivity index (χ0) is 13.7. The predicted octanol–water partition coefficient (Wildman–Crippen LogP) is 1.65. The second-order valence-corrected chi connectivity index (χ2v) is 5.58. The van der Waals surface area contributed by atoms with Gasteiger partial charge in [-0.2, -0.15) is 0 Å². The molecule has 0 spiro atoms. The molecule has 0 saturated carbocycles. The van der Waals surface area contributed by atoms with E-state index < -0.39 is 0 Å². The molecule has 0 amide bonds. The molecule has 19 heavy (non-hydrogen) atoms. The van der Waals surface area contributed by atoms with Crippen molar-refractivity contribution >= 4 is 6.01 Å². The predicted molar refractivity (Wildman–Crippen MR) is 72.9 cm³/mol. The number of hydrogen-bond donors (Lipinski definition) is 2. The first kappa shape index (κ1) is 14.3. The Balaban J connectivity index is 1.76. The molecule has 2 rings (SSSR count). The van der Waals surface area contributed by atoms with E-state index in [1.54, 1.807) is 0 Å². The van der Waals surface area contributed by atoms with Crippen molar-refractivity contribution in [3.05, 3.63) is 5.89 Å². The summed E-state index contributed by atoms with van der Waals surface area (Å²) < 4.78 is 10.9. The maximum Gasteiger partial charge on any atom is 0.315 e. The van der Waals surface area contributed by atoms with Gasteiger partial charge in [0.25, 0.3) is 0 Å². The van der Waals surface area contributed by atoms with Crippen molar-refractivity contribution in [2.75, 3.05) is 25.1 Å². The van der Waals surface area contributed by atoms with Gasteiger partial charge in [-0.3, -0.25) is 0 Å². The fourth-order valence-corrected chi connectivity index (χ4v) is 2.11. The number of nitrogens with zero attached hydrogens (tertiary/aromatic N) is 2. The van der Waals surface area contributed by atoms with E-state index in [4.69, 9.17) is 9.15 Å². The van der Waals surface area contributed by atoms with Crippen LogP contribution in [-0.2, 0) is 11.3 Å². The number of anilines is 1. The molecule has 2 atom stereocenters. The van der Waals surface area contributed by atoms with Crippen LogP contribution in [0.25, 0.3) is 0 Å². The minimum Gasteiger partial charge on any atom is -0.407 e. The molecular weight excluding hydrogens is 244 g/mol. The summed E-state index contributed by atoms with van der Waals surface area (Å²) in [5.74, 6) is 1.76. The highest BCUT2D eigenvalue weighted by Gasteiger charge is 2.23. The number of aromatic nitrogens is 2. The van der Waals surface area contributed by atoms with Gasteiger partial charge in [0.15, 0.2) is 0 Å². The average Bonchev–Trinajstić information content (AvgIpc) is 2.99. The van der Waals surface area contributed by atoms with Crippen LogP contribution in [0.3, 0.4) is 0 Å². The van der Waals surface area contributed by atoms with Crippen LogP contribution in [0.1, 0.15) is 33.1 Å². The fraction of sp³-hybridized carbons (Fsp3) is 0.846. The van der Waals surface area contributed by atoms with Crippen LogP contribution in [-0.4, -0.2) is 36.0 Å². The van der Waals surface area contributed by atoms with Gasteiger partial charge >= 0.3 is 6.01 Å². The Kier molecular flexibility index (Phi) is 5.15. The molecule has 108 valence electrons. The van der Waals surface area contributed by atoms with E-state index in [1.807, 2.05) is 0 Å². The Hall–Kier alpha value is -1.14. The summed E-state index contributed by atoms with van der Waals surface area (Å²) in [5.41, 5.74) is 0. The lowest BCUT2D eigenvalue weighted by molar-refractivity contribution is 0.183. The van der Waals surface area contributed by atoms with E-state index in [-0.39, 0.29) is 0 Å². The molecular formula is C13H24N4O2. The highest BCUT2D eigenvalue weighted by atomic mass is 16.5. The van der Waals surface area contributed by atoms with Gasteiger partial charge in [0.2, 0.25) is 5.89 Å². The summed E-state index contributed by atoms with van der Waals surface area (Å²) in [6.07, 6.45) is 1.09. The molecule has 1 aliphatic rings. The van der Waals surface area contributed by atoms with Crippen LogP contribution in [0, 0.1) is 11.8 Å². The van der Waals surface area contributed by atoms with Crippen LogP contribution in [0.5, 0.6) is 0 Å². The van der Waals surface area contributed by atoms with E-state index in [0.29, 0.717) is 36.3 Å². The van der Waals surface area contributed by atoms with E-state index in [0.717, 1.165) is 26.2 Å². The highest BCUT2D eigenvalue weighted by Crippen LogP contribution is 2.19. The molecule has 0 aliphatic carbocycles. The van der Waals surface area contributed by atoms with Gasteiger partial charge in [0, 0.05) is 18.6 Å². The van der Waals surface area contributed by atoms with Crippen LogP contribution >= 0.6 is 0 Å². The number of rotatable bonds is 7. The third-order valence-corrected chi connectivity index (χ3v) is 3.32. The normalized spacial score (nSPS) is 20.9. The lowest BCUT2D eigenvalue weighted by Crippen LogP contribution is -2.26. The first-order chi connectivity index (χ1) is 9.15. The van der Waals surface area contributed by atoms with Crippen molar-refractivity contribution in [3.63, 3.8) is 0 Å². The molecule has 1 aliphatic heterocycles. The summed E-state index contributed by atoms with van der Waals surface area (Å²) in [7, 11) is 0. The molecule has 1 fully saturated rings.